The number of rotatable bonds is 13. The van der Waals surface area contributed by atoms with E-state index in [1.807, 2.05) is 0 Å². The third-order valence-electron chi connectivity index (χ3n) is 7.27. The van der Waals surface area contributed by atoms with E-state index in [4.69, 9.17) is 5.73 Å². The molecule has 0 unspecified atom stereocenters. The molecule has 2 aromatic carbocycles. The van der Waals surface area contributed by atoms with Gasteiger partial charge in [0.1, 0.15) is 5.01 Å². The van der Waals surface area contributed by atoms with Crippen LogP contribution in [0.2, 0.25) is 0 Å². The van der Waals surface area contributed by atoms with Gasteiger partial charge in [0.25, 0.3) is 12.3 Å². The molecule has 8 nitrogen and oxygen atoms in total. The molecule has 0 fully saturated rings. The predicted octanol–water partition coefficient (Wildman–Crippen LogP) is 5.65. The second-order valence-corrected chi connectivity index (χ2v) is 11.8. The lowest BCUT2D eigenvalue weighted by molar-refractivity contribution is -0.137. The Morgan fingerprint density at radius 2 is 1.76 bits per heavy atom. The lowest BCUT2D eigenvalue weighted by atomic mass is 9.80. The molecule has 14 heteroatoms. The number of aliphatic hydroxyl groups excluding tert-OH is 1. The van der Waals surface area contributed by atoms with Crippen LogP contribution in [-0.2, 0) is 25.7 Å². The topological polar surface area (TPSA) is 121 Å². The van der Waals surface area contributed by atoms with Gasteiger partial charge in [0, 0.05) is 66.2 Å². The van der Waals surface area contributed by atoms with Gasteiger partial charge < -0.3 is 21.1 Å². The first kappa shape index (κ1) is 34.6. The van der Waals surface area contributed by atoms with E-state index in [1.165, 1.54) is 29.5 Å². The molecule has 0 aliphatic rings. The average molecular weight is 662 g/mol. The first-order valence-electron chi connectivity index (χ1n) is 14.1. The van der Waals surface area contributed by atoms with Crippen LogP contribution in [0.1, 0.15) is 71.6 Å². The molecule has 0 bridgehead atoms. The highest BCUT2D eigenvalue weighted by Gasteiger charge is 2.33. The van der Waals surface area contributed by atoms with E-state index in [9.17, 15) is 36.6 Å². The SMILES string of the molecule is Cc1csc(CN(C)C(=O)c2cc(C(F)F)cc(C(N)=O)c2[C@H](Cc2ccccc2)[C@@H](O)CNCc2cncc(C(F)(F)F)c2)n1. The number of nitrogens with two attached hydrogens (primary N) is 1. The molecule has 0 radical (unpaired) electrons. The number of alkyl halides is 5. The minimum Gasteiger partial charge on any atom is -0.391 e. The fourth-order valence-electron chi connectivity index (χ4n) is 5.08. The molecule has 0 saturated carbocycles. The second kappa shape index (κ2) is 14.9. The standard InChI is InChI=1S/C32H32F5N5O3S/c1-18-17-46-27(41-18)16-42(2)31(45)25-11-21(29(33)34)10-24(30(38)44)28(25)23(9-19-6-4-3-5-7-19)26(43)15-40-13-20-8-22(14-39-12-20)32(35,36)37/h3-8,10-12,14,17,23,26,29,40,43H,9,13,15-16H2,1-2H3,(H2,38,44)/t23-,26+/m1/s1. The molecule has 4 rings (SSSR count). The van der Waals surface area contributed by atoms with E-state index in [1.54, 1.807) is 42.6 Å². The molecule has 0 aliphatic carbocycles. The van der Waals surface area contributed by atoms with E-state index in [0.29, 0.717) is 16.8 Å². The normalized spacial score (nSPS) is 13.1. The summed E-state index contributed by atoms with van der Waals surface area (Å²) in [7, 11) is 1.47. The fourth-order valence-corrected chi connectivity index (χ4v) is 5.91. The Hall–Kier alpha value is -4.27. The molecule has 4 N–H and O–H groups in total. The highest BCUT2D eigenvalue weighted by molar-refractivity contribution is 7.09. The van der Waals surface area contributed by atoms with Crippen LogP contribution in [0.3, 0.4) is 0 Å². The summed E-state index contributed by atoms with van der Waals surface area (Å²) in [5.41, 5.74) is 5.24. The summed E-state index contributed by atoms with van der Waals surface area (Å²) in [4.78, 5) is 36.0. The number of carbonyl (C=O) groups is 2. The lowest BCUT2D eigenvalue weighted by Gasteiger charge is -2.29. The van der Waals surface area contributed by atoms with Gasteiger partial charge in [0.05, 0.1) is 18.2 Å². The van der Waals surface area contributed by atoms with Gasteiger partial charge in [-0.3, -0.25) is 14.6 Å². The summed E-state index contributed by atoms with van der Waals surface area (Å²) < 4.78 is 67.6. The number of primary amides is 1. The van der Waals surface area contributed by atoms with Crippen molar-refractivity contribution in [1.29, 1.82) is 0 Å². The summed E-state index contributed by atoms with van der Waals surface area (Å²) in [6.45, 7) is 1.55. The number of amides is 2. The predicted molar refractivity (Wildman–Crippen MR) is 162 cm³/mol. The van der Waals surface area contributed by atoms with Crippen molar-refractivity contribution in [1.82, 2.24) is 20.2 Å². The van der Waals surface area contributed by atoms with Crippen molar-refractivity contribution >= 4 is 23.2 Å². The highest BCUT2D eigenvalue weighted by Crippen LogP contribution is 2.35. The number of aromatic nitrogens is 2. The van der Waals surface area contributed by atoms with Crippen molar-refractivity contribution in [2.75, 3.05) is 13.6 Å². The van der Waals surface area contributed by atoms with Crippen LogP contribution < -0.4 is 11.1 Å². The van der Waals surface area contributed by atoms with Crippen molar-refractivity contribution in [3.8, 4) is 0 Å². The molecule has 0 spiro atoms. The van der Waals surface area contributed by atoms with E-state index < -0.39 is 47.6 Å². The van der Waals surface area contributed by atoms with Crippen LogP contribution in [0.15, 0.2) is 66.3 Å². The smallest absolute Gasteiger partial charge is 0.391 e. The Balaban J connectivity index is 1.74. The largest absolute Gasteiger partial charge is 0.417 e. The zero-order valence-electron chi connectivity index (χ0n) is 24.9. The average Bonchev–Trinajstić information content (AvgIpc) is 3.43. The maximum absolute atomic E-state index is 14.1. The number of thiazole rings is 1. The Kier molecular flexibility index (Phi) is 11.2. The lowest BCUT2D eigenvalue weighted by Crippen LogP contribution is -2.36. The third-order valence-corrected chi connectivity index (χ3v) is 8.23. The summed E-state index contributed by atoms with van der Waals surface area (Å²) in [5.74, 6) is -2.79. The van der Waals surface area contributed by atoms with Crippen molar-refractivity contribution < 1.29 is 36.6 Å². The number of aliphatic hydroxyl groups is 1. The first-order chi connectivity index (χ1) is 21.7. The molecular weight excluding hydrogens is 629 g/mol. The van der Waals surface area contributed by atoms with Crippen LogP contribution in [0, 0.1) is 6.92 Å². The number of hydrogen-bond acceptors (Lipinski definition) is 7. The van der Waals surface area contributed by atoms with Crippen LogP contribution in [0.5, 0.6) is 0 Å². The summed E-state index contributed by atoms with van der Waals surface area (Å²) in [6.07, 6.45) is -6.96. The number of pyridine rings is 1. The van der Waals surface area contributed by atoms with Gasteiger partial charge in [-0.15, -0.1) is 11.3 Å². The minimum atomic E-state index is -4.59. The molecule has 2 aromatic heterocycles. The minimum absolute atomic E-state index is 0.0112. The second-order valence-electron chi connectivity index (χ2n) is 10.8. The molecule has 2 heterocycles. The van der Waals surface area contributed by atoms with E-state index in [-0.39, 0.29) is 48.3 Å². The van der Waals surface area contributed by atoms with E-state index in [2.05, 4.69) is 15.3 Å². The number of carbonyl (C=O) groups excluding carboxylic acids is 2. The van der Waals surface area contributed by atoms with Crippen molar-refractivity contribution in [3.05, 3.63) is 116 Å². The zero-order valence-corrected chi connectivity index (χ0v) is 25.7. The molecule has 46 heavy (non-hydrogen) atoms. The molecule has 4 aromatic rings. The van der Waals surface area contributed by atoms with Crippen molar-refractivity contribution in [3.63, 3.8) is 0 Å². The molecule has 0 aliphatic heterocycles. The Morgan fingerprint density at radius 3 is 2.37 bits per heavy atom. The number of nitrogens with one attached hydrogen (secondary N) is 1. The van der Waals surface area contributed by atoms with Gasteiger partial charge in [-0.25, -0.2) is 13.8 Å². The van der Waals surface area contributed by atoms with Gasteiger partial charge >= 0.3 is 6.18 Å². The van der Waals surface area contributed by atoms with Crippen LogP contribution in [0.4, 0.5) is 22.0 Å². The Morgan fingerprint density at radius 1 is 1.07 bits per heavy atom. The number of hydrogen-bond donors (Lipinski definition) is 3. The number of halogens is 5. The van der Waals surface area contributed by atoms with Crippen molar-refractivity contribution in [2.24, 2.45) is 5.73 Å². The summed E-state index contributed by atoms with van der Waals surface area (Å²) in [5, 5.41) is 16.9. The molecular formula is C32H32F5N5O3S. The number of nitrogens with zero attached hydrogens (tertiary/aromatic N) is 3. The van der Waals surface area contributed by atoms with Crippen molar-refractivity contribution in [2.45, 2.75) is 51.1 Å². The van der Waals surface area contributed by atoms with Gasteiger partial charge in [-0.05, 0) is 48.2 Å². The number of aryl methyl sites for hydroxylation is 1. The molecule has 2 atom stereocenters. The van der Waals surface area contributed by atoms with Gasteiger partial charge in [0.2, 0.25) is 5.91 Å². The van der Waals surface area contributed by atoms with Crippen LogP contribution in [0.25, 0.3) is 0 Å². The van der Waals surface area contributed by atoms with Crippen LogP contribution >= 0.6 is 11.3 Å². The third kappa shape index (κ3) is 8.71. The highest BCUT2D eigenvalue weighted by atomic mass is 32.1. The van der Waals surface area contributed by atoms with Gasteiger partial charge in [0.15, 0.2) is 0 Å². The van der Waals surface area contributed by atoms with E-state index >= 15 is 0 Å². The maximum Gasteiger partial charge on any atom is 0.417 e. The van der Waals surface area contributed by atoms with Crippen LogP contribution in [-0.4, -0.2) is 51.5 Å². The monoisotopic (exact) mass is 661 g/mol. The Bertz CT molecular complexity index is 1670. The summed E-state index contributed by atoms with van der Waals surface area (Å²) in [6, 6.07) is 11.7. The Labute approximate surface area is 266 Å². The maximum atomic E-state index is 14.1. The van der Waals surface area contributed by atoms with Gasteiger partial charge in [-0.2, -0.15) is 13.2 Å². The fraction of sp³-hybridized carbons (Fsp3) is 0.312. The van der Waals surface area contributed by atoms with Gasteiger partial charge in [-0.1, -0.05) is 30.3 Å². The summed E-state index contributed by atoms with van der Waals surface area (Å²) >= 11 is 1.32. The first-order valence-corrected chi connectivity index (χ1v) is 15.0. The zero-order chi connectivity index (χ0) is 33.6. The molecule has 2 amide bonds. The molecule has 0 saturated heterocycles. The molecule has 244 valence electrons. The van der Waals surface area contributed by atoms with E-state index in [0.717, 1.165) is 23.9 Å². The number of benzene rings is 2. The quantitative estimate of drug-likeness (QED) is 0.159.